The molecule has 1 aromatic heterocycles. The summed E-state index contributed by atoms with van der Waals surface area (Å²) in [5.41, 5.74) is 0.115. The quantitative estimate of drug-likeness (QED) is 0.887. The first-order valence-corrected chi connectivity index (χ1v) is 7.02. The molecule has 2 nitrogen and oxygen atoms in total. The first-order chi connectivity index (χ1) is 7.88. The third-order valence-electron chi connectivity index (χ3n) is 2.89. The third-order valence-corrected chi connectivity index (χ3v) is 4.15. The highest BCUT2D eigenvalue weighted by molar-refractivity contribution is 7.16. The Morgan fingerprint density at radius 2 is 2.06 bits per heavy atom. The topological polar surface area (TPSA) is 21.3 Å². The molecule has 4 heteroatoms. The molecular weight excluding hydrogens is 254 g/mol. The summed E-state index contributed by atoms with van der Waals surface area (Å²) in [7, 11) is 3.76. The number of nitrogens with one attached hydrogen (secondary N) is 1. The van der Waals surface area contributed by atoms with Crippen LogP contribution in [0.4, 0.5) is 0 Å². The maximum Gasteiger partial charge on any atom is 0.0931 e. The molecule has 0 bridgehead atoms. The number of halogens is 1. The first kappa shape index (κ1) is 15.0. The van der Waals surface area contributed by atoms with Crippen molar-refractivity contribution in [1.29, 1.82) is 0 Å². The highest BCUT2D eigenvalue weighted by Crippen LogP contribution is 2.28. The lowest BCUT2D eigenvalue weighted by Crippen LogP contribution is -2.47. The molecule has 1 aromatic rings. The Labute approximate surface area is 113 Å². The minimum Gasteiger partial charge on any atom is -0.379 e. The molecule has 2 unspecified atom stereocenters. The zero-order valence-electron chi connectivity index (χ0n) is 11.2. The zero-order chi connectivity index (χ0) is 13.1. The molecule has 1 rings (SSSR count). The van der Waals surface area contributed by atoms with Crippen LogP contribution >= 0.6 is 22.9 Å². The van der Waals surface area contributed by atoms with Gasteiger partial charge in [-0.15, -0.1) is 11.3 Å². The van der Waals surface area contributed by atoms with Crippen molar-refractivity contribution in [3.63, 3.8) is 0 Å². The highest BCUT2D eigenvalue weighted by atomic mass is 35.5. The van der Waals surface area contributed by atoms with Gasteiger partial charge < -0.3 is 10.1 Å². The molecule has 0 fully saturated rings. The molecule has 17 heavy (non-hydrogen) atoms. The van der Waals surface area contributed by atoms with Crippen molar-refractivity contribution in [2.24, 2.45) is 5.41 Å². The molecule has 1 heterocycles. The molecule has 0 amide bonds. The standard InChI is InChI=1S/C13H22ClNOS/c1-13(2,3)12(16-5)10(15-4)8-9-6-7-11(14)17-9/h6-7,10,12,15H,8H2,1-5H3. The first-order valence-electron chi connectivity index (χ1n) is 5.82. The Hall–Kier alpha value is -0.0900. The van der Waals surface area contributed by atoms with E-state index in [1.807, 2.05) is 13.1 Å². The van der Waals surface area contributed by atoms with E-state index in [0.29, 0.717) is 6.04 Å². The SMILES string of the molecule is CNC(Cc1ccc(Cl)s1)C(OC)C(C)(C)C. The van der Waals surface area contributed by atoms with Crippen LogP contribution in [0.2, 0.25) is 4.34 Å². The summed E-state index contributed by atoms with van der Waals surface area (Å²) in [6, 6.07) is 4.34. The van der Waals surface area contributed by atoms with E-state index in [2.05, 4.69) is 32.2 Å². The van der Waals surface area contributed by atoms with Crippen molar-refractivity contribution in [3.8, 4) is 0 Å². The summed E-state index contributed by atoms with van der Waals surface area (Å²) < 4.78 is 6.50. The largest absolute Gasteiger partial charge is 0.379 e. The van der Waals surface area contributed by atoms with Crippen LogP contribution in [0, 0.1) is 5.41 Å². The number of rotatable bonds is 5. The summed E-state index contributed by atoms with van der Waals surface area (Å²) in [6.07, 6.45) is 1.12. The number of thiophene rings is 1. The predicted molar refractivity (Wildman–Crippen MR) is 76.1 cm³/mol. The van der Waals surface area contributed by atoms with Gasteiger partial charge in [0.25, 0.3) is 0 Å². The average molecular weight is 276 g/mol. The van der Waals surface area contributed by atoms with Crippen LogP contribution < -0.4 is 5.32 Å². The van der Waals surface area contributed by atoms with E-state index >= 15 is 0 Å². The van der Waals surface area contributed by atoms with Gasteiger partial charge in [-0.2, -0.15) is 0 Å². The minimum absolute atomic E-state index is 0.115. The fraction of sp³-hybridized carbons (Fsp3) is 0.692. The van der Waals surface area contributed by atoms with Gasteiger partial charge in [0.05, 0.1) is 10.4 Å². The number of ether oxygens (including phenoxy) is 1. The van der Waals surface area contributed by atoms with Crippen molar-refractivity contribution < 1.29 is 4.74 Å². The fourth-order valence-corrected chi connectivity index (χ4v) is 3.31. The summed E-state index contributed by atoms with van der Waals surface area (Å²) in [5, 5.41) is 3.36. The summed E-state index contributed by atoms with van der Waals surface area (Å²) >= 11 is 7.60. The van der Waals surface area contributed by atoms with Crippen molar-refractivity contribution in [1.82, 2.24) is 5.32 Å². The molecule has 2 atom stereocenters. The smallest absolute Gasteiger partial charge is 0.0931 e. The highest BCUT2D eigenvalue weighted by Gasteiger charge is 2.31. The lowest BCUT2D eigenvalue weighted by Gasteiger charge is -2.35. The van der Waals surface area contributed by atoms with E-state index < -0.39 is 0 Å². The molecule has 0 aromatic carbocycles. The van der Waals surface area contributed by atoms with Crippen molar-refractivity contribution in [2.75, 3.05) is 14.2 Å². The van der Waals surface area contributed by atoms with Crippen molar-refractivity contribution in [2.45, 2.75) is 39.3 Å². The van der Waals surface area contributed by atoms with Gasteiger partial charge in [-0.3, -0.25) is 0 Å². The Balaban J connectivity index is 2.76. The fourth-order valence-electron chi connectivity index (χ4n) is 2.16. The van der Waals surface area contributed by atoms with Crippen molar-refractivity contribution >= 4 is 22.9 Å². The monoisotopic (exact) mass is 275 g/mol. The van der Waals surface area contributed by atoms with Gasteiger partial charge in [0.15, 0.2) is 0 Å². The van der Waals surface area contributed by atoms with Crippen LogP contribution in [-0.4, -0.2) is 26.3 Å². The van der Waals surface area contributed by atoms with E-state index in [4.69, 9.17) is 16.3 Å². The molecular formula is C13H22ClNOS. The average Bonchev–Trinajstić information content (AvgIpc) is 2.61. The molecule has 0 aliphatic heterocycles. The second kappa shape index (κ2) is 6.19. The third kappa shape index (κ3) is 4.25. The second-order valence-corrected chi connectivity index (χ2v) is 7.13. The van der Waals surface area contributed by atoms with Gasteiger partial charge >= 0.3 is 0 Å². The molecule has 0 aliphatic carbocycles. The van der Waals surface area contributed by atoms with E-state index in [0.717, 1.165) is 10.8 Å². The van der Waals surface area contributed by atoms with Gasteiger partial charge in [0.1, 0.15) is 0 Å². The van der Waals surface area contributed by atoms with Gasteiger partial charge in [-0.25, -0.2) is 0 Å². The Morgan fingerprint density at radius 3 is 2.41 bits per heavy atom. The van der Waals surface area contributed by atoms with Crippen LogP contribution in [0.15, 0.2) is 12.1 Å². The lowest BCUT2D eigenvalue weighted by atomic mass is 9.83. The van der Waals surface area contributed by atoms with Crippen LogP contribution in [0.25, 0.3) is 0 Å². The van der Waals surface area contributed by atoms with Gasteiger partial charge in [0, 0.05) is 18.0 Å². The maximum atomic E-state index is 5.96. The van der Waals surface area contributed by atoms with Crippen LogP contribution in [0.3, 0.4) is 0 Å². The molecule has 98 valence electrons. The molecule has 0 saturated heterocycles. The minimum atomic E-state index is 0.115. The molecule has 0 aliphatic rings. The van der Waals surface area contributed by atoms with Crippen LogP contribution in [0.5, 0.6) is 0 Å². The second-order valence-electron chi connectivity index (χ2n) is 5.33. The molecule has 0 saturated carbocycles. The number of likely N-dealkylation sites (N-methyl/N-ethyl adjacent to an activating group) is 1. The normalized spacial score (nSPS) is 15.9. The number of methoxy groups -OCH3 is 1. The van der Waals surface area contributed by atoms with Gasteiger partial charge in [-0.1, -0.05) is 32.4 Å². The lowest BCUT2D eigenvalue weighted by molar-refractivity contribution is -0.00903. The maximum absolute atomic E-state index is 5.96. The Bertz CT molecular complexity index is 345. The van der Waals surface area contributed by atoms with Crippen LogP contribution in [-0.2, 0) is 11.2 Å². The summed E-state index contributed by atoms with van der Waals surface area (Å²) in [5.74, 6) is 0. The van der Waals surface area contributed by atoms with Crippen molar-refractivity contribution in [3.05, 3.63) is 21.3 Å². The van der Waals surface area contributed by atoms with E-state index in [9.17, 15) is 0 Å². The summed E-state index contributed by atoms with van der Waals surface area (Å²) in [4.78, 5) is 1.29. The molecule has 1 N–H and O–H groups in total. The van der Waals surface area contributed by atoms with Gasteiger partial charge in [0.2, 0.25) is 0 Å². The van der Waals surface area contributed by atoms with Gasteiger partial charge in [-0.05, 0) is 31.0 Å². The zero-order valence-corrected chi connectivity index (χ0v) is 12.8. The molecule has 0 spiro atoms. The molecule has 0 radical (unpaired) electrons. The summed E-state index contributed by atoms with van der Waals surface area (Å²) in [6.45, 7) is 6.60. The number of hydrogen-bond acceptors (Lipinski definition) is 3. The predicted octanol–water partition coefficient (Wildman–Crippen LogP) is 3.59. The number of hydrogen-bond donors (Lipinski definition) is 1. The van der Waals surface area contributed by atoms with E-state index in [1.165, 1.54) is 4.88 Å². The van der Waals surface area contributed by atoms with E-state index in [-0.39, 0.29) is 11.5 Å². The van der Waals surface area contributed by atoms with E-state index in [1.54, 1.807) is 18.4 Å². The Kier molecular flexibility index (Phi) is 5.45. The Morgan fingerprint density at radius 1 is 1.41 bits per heavy atom. The van der Waals surface area contributed by atoms with Crippen LogP contribution in [0.1, 0.15) is 25.6 Å².